The van der Waals surface area contributed by atoms with E-state index in [-0.39, 0.29) is 11.2 Å². The monoisotopic (exact) mass is 304 g/mol. The number of hydrogen-bond acceptors (Lipinski definition) is 3. The zero-order valence-corrected chi connectivity index (χ0v) is 13.3. The van der Waals surface area contributed by atoms with Gasteiger partial charge < -0.3 is 10.6 Å². The fourth-order valence-electron chi connectivity index (χ4n) is 3.27. The molecule has 2 N–H and O–H groups in total. The Morgan fingerprint density at radius 2 is 2.29 bits per heavy atom. The molecule has 0 aromatic heterocycles. The zero-order chi connectivity index (χ0) is 14.5. The molecule has 4 heteroatoms. The number of carbonyl (C=O) groups is 1. The fraction of sp³-hybridized carbons (Fsp3) is 0.588. The number of rotatable bonds is 4. The molecular weight excluding hydrogens is 280 g/mol. The third-order valence-electron chi connectivity index (χ3n) is 4.48. The summed E-state index contributed by atoms with van der Waals surface area (Å²) in [5, 5.41) is 6.57. The van der Waals surface area contributed by atoms with E-state index in [9.17, 15) is 4.79 Å². The molecular formula is C17H24N2OS. The highest BCUT2D eigenvalue weighted by molar-refractivity contribution is 8.00. The molecule has 1 amide bonds. The molecule has 1 aromatic carbocycles. The molecule has 3 rings (SSSR count). The number of amides is 1. The maximum absolute atomic E-state index is 12.5. The Kier molecular flexibility index (Phi) is 5.20. The maximum Gasteiger partial charge on any atom is 0.237 e. The van der Waals surface area contributed by atoms with Gasteiger partial charge in [-0.05, 0) is 61.6 Å². The van der Waals surface area contributed by atoms with Crippen LogP contribution < -0.4 is 10.6 Å². The van der Waals surface area contributed by atoms with Gasteiger partial charge in [-0.3, -0.25) is 4.79 Å². The maximum atomic E-state index is 12.5. The molecule has 2 aliphatic rings. The van der Waals surface area contributed by atoms with Gasteiger partial charge in [0.25, 0.3) is 0 Å². The van der Waals surface area contributed by atoms with E-state index in [2.05, 4.69) is 28.8 Å². The summed E-state index contributed by atoms with van der Waals surface area (Å²) in [6.07, 6.45) is 4.74. The van der Waals surface area contributed by atoms with Gasteiger partial charge in [0.15, 0.2) is 0 Å². The van der Waals surface area contributed by atoms with Crippen LogP contribution >= 0.6 is 11.8 Å². The molecule has 114 valence electrons. The van der Waals surface area contributed by atoms with Crippen LogP contribution in [0.5, 0.6) is 0 Å². The first-order chi connectivity index (χ1) is 10.3. The summed E-state index contributed by atoms with van der Waals surface area (Å²) in [4.78, 5) is 12.5. The Morgan fingerprint density at radius 1 is 1.38 bits per heavy atom. The summed E-state index contributed by atoms with van der Waals surface area (Å²) in [6, 6.07) is 8.37. The fourth-order valence-corrected chi connectivity index (χ4v) is 4.49. The van der Waals surface area contributed by atoms with E-state index in [1.165, 1.54) is 24.0 Å². The van der Waals surface area contributed by atoms with E-state index in [0.717, 1.165) is 44.1 Å². The number of piperidine rings is 1. The summed E-state index contributed by atoms with van der Waals surface area (Å²) < 4.78 is 0. The molecule has 1 fully saturated rings. The van der Waals surface area contributed by atoms with Crippen molar-refractivity contribution in [1.29, 1.82) is 0 Å². The number of hydrogen-bond donors (Lipinski definition) is 2. The molecule has 0 bridgehead atoms. The van der Waals surface area contributed by atoms with Crippen molar-refractivity contribution in [2.75, 3.05) is 25.4 Å². The number of nitrogens with one attached hydrogen (secondary N) is 2. The van der Waals surface area contributed by atoms with Crippen molar-refractivity contribution >= 4 is 17.7 Å². The van der Waals surface area contributed by atoms with Crippen LogP contribution in [0.3, 0.4) is 0 Å². The molecule has 2 aliphatic heterocycles. The van der Waals surface area contributed by atoms with E-state index < -0.39 is 0 Å². The van der Waals surface area contributed by atoms with Crippen molar-refractivity contribution in [3.63, 3.8) is 0 Å². The minimum atomic E-state index is -0.0144. The van der Waals surface area contributed by atoms with Crippen molar-refractivity contribution in [1.82, 2.24) is 10.6 Å². The summed E-state index contributed by atoms with van der Waals surface area (Å²) in [6.45, 7) is 3.07. The quantitative estimate of drug-likeness (QED) is 0.898. The second-order valence-electron chi connectivity index (χ2n) is 5.99. The van der Waals surface area contributed by atoms with Gasteiger partial charge in [0.1, 0.15) is 5.25 Å². The Hall–Kier alpha value is -1.00. The molecule has 0 spiro atoms. The van der Waals surface area contributed by atoms with Crippen molar-refractivity contribution in [3.8, 4) is 0 Å². The second kappa shape index (κ2) is 7.32. The first-order valence-corrected chi connectivity index (χ1v) is 9.07. The third-order valence-corrected chi connectivity index (χ3v) is 5.72. The molecule has 0 aliphatic carbocycles. The predicted molar refractivity (Wildman–Crippen MR) is 88.6 cm³/mol. The number of aryl methyl sites for hydroxylation is 1. The van der Waals surface area contributed by atoms with Gasteiger partial charge in [0, 0.05) is 6.54 Å². The van der Waals surface area contributed by atoms with Crippen LogP contribution in [0.4, 0.5) is 0 Å². The number of benzene rings is 1. The number of fused-ring (bicyclic) bond motifs is 1. The lowest BCUT2D eigenvalue weighted by atomic mass is 9.96. The summed E-state index contributed by atoms with van der Waals surface area (Å²) in [7, 11) is 0. The number of carbonyl (C=O) groups excluding carboxylic acids is 1. The molecule has 0 saturated carbocycles. The Labute approximate surface area is 131 Å². The van der Waals surface area contributed by atoms with Crippen LogP contribution in [-0.4, -0.2) is 31.3 Å². The lowest BCUT2D eigenvalue weighted by Gasteiger charge is -2.25. The first-order valence-electron chi connectivity index (χ1n) is 8.02. The van der Waals surface area contributed by atoms with Crippen LogP contribution in [-0.2, 0) is 11.2 Å². The topological polar surface area (TPSA) is 41.1 Å². The van der Waals surface area contributed by atoms with E-state index in [0.29, 0.717) is 0 Å². The molecule has 2 heterocycles. The first kappa shape index (κ1) is 14.9. The molecule has 21 heavy (non-hydrogen) atoms. The molecule has 2 atom stereocenters. The van der Waals surface area contributed by atoms with E-state index in [4.69, 9.17) is 0 Å². The Balaban J connectivity index is 1.51. The van der Waals surface area contributed by atoms with E-state index in [1.54, 1.807) is 11.8 Å². The summed E-state index contributed by atoms with van der Waals surface area (Å²) in [5.74, 6) is 1.96. The van der Waals surface area contributed by atoms with Crippen LogP contribution in [0.1, 0.15) is 35.6 Å². The Bertz CT molecular complexity index is 485. The van der Waals surface area contributed by atoms with Gasteiger partial charge in [-0.15, -0.1) is 11.8 Å². The predicted octanol–water partition coefficient (Wildman–Crippen LogP) is 2.52. The Morgan fingerprint density at radius 3 is 3.14 bits per heavy atom. The van der Waals surface area contributed by atoms with Gasteiger partial charge >= 0.3 is 0 Å². The molecule has 2 unspecified atom stereocenters. The largest absolute Gasteiger partial charge is 0.355 e. The van der Waals surface area contributed by atoms with Crippen LogP contribution in [0, 0.1) is 5.92 Å². The van der Waals surface area contributed by atoms with Gasteiger partial charge in [-0.25, -0.2) is 0 Å². The zero-order valence-electron chi connectivity index (χ0n) is 12.4. The average molecular weight is 304 g/mol. The highest BCUT2D eigenvalue weighted by Gasteiger charge is 2.26. The normalized spacial score (nSPS) is 25.1. The average Bonchev–Trinajstić information content (AvgIpc) is 2.55. The van der Waals surface area contributed by atoms with Crippen LogP contribution in [0.2, 0.25) is 0 Å². The highest BCUT2D eigenvalue weighted by atomic mass is 32.2. The smallest absolute Gasteiger partial charge is 0.237 e. The SMILES string of the molecule is O=C(NCCC1CCCNC1)C1SCCc2ccccc21. The van der Waals surface area contributed by atoms with Gasteiger partial charge in [-0.1, -0.05) is 24.3 Å². The van der Waals surface area contributed by atoms with Crippen molar-refractivity contribution < 1.29 is 4.79 Å². The minimum absolute atomic E-state index is 0.0144. The second-order valence-corrected chi connectivity index (χ2v) is 7.20. The lowest BCUT2D eigenvalue weighted by molar-refractivity contribution is -0.120. The molecule has 1 saturated heterocycles. The third kappa shape index (κ3) is 3.80. The van der Waals surface area contributed by atoms with Crippen molar-refractivity contribution in [3.05, 3.63) is 35.4 Å². The minimum Gasteiger partial charge on any atom is -0.355 e. The van der Waals surface area contributed by atoms with E-state index in [1.807, 2.05) is 6.07 Å². The van der Waals surface area contributed by atoms with Gasteiger partial charge in [0.2, 0.25) is 5.91 Å². The van der Waals surface area contributed by atoms with Crippen molar-refractivity contribution in [2.45, 2.75) is 30.9 Å². The lowest BCUT2D eigenvalue weighted by Crippen LogP contribution is -2.35. The molecule has 3 nitrogen and oxygen atoms in total. The summed E-state index contributed by atoms with van der Waals surface area (Å²) in [5.41, 5.74) is 2.55. The van der Waals surface area contributed by atoms with Crippen LogP contribution in [0.15, 0.2) is 24.3 Å². The standard InChI is InChI=1S/C17H24N2OS/c20-17(19-10-7-13-4-3-9-18-12-13)16-15-6-2-1-5-14(15)8-11-21-16/h1-2,5-6,13,16,18H,3-4,7-12H2,(H,19,20). The highest BCUT2D eigenvalue weighted by Crippen LogP contribution is 2.36. The van der Waals surface area contributed by atoms with Crippen LogP contribution in [0.25, 0.3) is 0 Å². The van der Waals surface area contributed by atoms with Crippen molar-refractivity contribution in [2.24, 2.45) is 5.92 Å². The molecule has 0 radical (unpaired) electrons. The number of thioether (sulfide) groups is 1. The van der Waals surface area contributed by atoms with E-state index >= 15 is 0 Å². The summed E-state index contributed by atoms with van der Waals surface area (Å²) >= 11 is 1.78. The van der Waals surface area contributed by atoms with Gasteiger partial charge in [-0.2, -0.15) is 0 Å². The van der Waals surface area contributed by atoms with Gasteiger partial charge in [0.05, 0.1) is 0 Å². The molecule has 1 aromatic rings.